The van der Waals surface area contributed by atoms with Gasteiger partial charge in [-0.3, -0.25) is 0 Å². The highest BCUT2D eigenvalue weighted by molar-refractivity contribution is 5.82. The molecule has 1 unspecified atom stereocenters. The molecule has 0 saturated carbocycles. The van der Waals surface area contributed by atoms with Crippen molar-refractivity contribution in [2.24, 2.45) is 0 Å². The van der Waals surface area contributed by atoms with Crippen molar-refractivity contribution >= 4 is 12.0 Å². The molecule has 0 saturated heterocycles. The van der Waals surface area contributed by atoms with Gasteiger partial charge in [0.1, 0.15) is 6.04 Å². The summed E-state index contributed by atoms with van der Waals surface area (Å²) in [6.45, 7) is 5.92. The van der Waals surface area contributed by atoms with Crippen LogP contribution in [0.3, 0.4) is 0 Å². The second kappa shape index (κ2) is 9.74. The number of hydrogen-bond acceptors (Lipinski definition) is 2. The van der Waals surface area contributed by atoms with Gasteiger partial charge in [0.2, 0.25) is 0 Å². The second-order valence-electron chi connectivity index (χ2n) is 4.54. The molecule has 106 valence electrons. The van der Waals surface area contributed by atoms with Gasteiger partial charge >= 0.3 is 12.0 Å². The van der Waals surface area contributed by atoms with Crippen molar-refractivity contribution in [2.45, 2.75) is 71.4 Å². The van der Waals surface area contributed by atoms with E-state index in [1.807, 2.05) is 0 Å². The Morgan fingerprint density at radius 1 is 1.06 bits per heavy atom. The normalized spacial score (nSPS) is 13.7. The Balaban J connectivity index is 4.18. The van der Waals surface area contributed by atoms with Crippen molar-refractivity contribution in [3.8, 4) is 0 Å². The molecule has 0 radical (unpaired) electrons. The van der Waals surface area contributed by atoms with Crippen molar-refractivity contribution in [1.82, 2.24) is 10.6 Å². The fourth-order valence-corrected chi connectivity index (χ4v) is 1.81. The number of urea groups is 1. The quantitative estimate of drug-likeness (QED) is 0.594. The molecule has 0 aromatic heterocycles. The van der Waals surface area contributed by atoms with Gasteiger partial charge in [0.05, 0.1) is 0 Å². The van der Waals surface area contributed by atoms with Crippen molar-refractivity contribution in [3.63, 3.8) is 0 Å². The van der Waals surface area contributed by atoms with Crippen LogP contribution in [0.5, 0.6) is 0 Å². The van der Waals surface area contributed by atoms with Gasteiger partial charge in [-0.25, -0.2) is 9.59 Å². The number of carboxylic acids is 1. The van der Waals surface area contributed by atoms with Gasteiger partial charge in [0, 0.05) is 6.04 Å². The van der Waals surface area contributed by atoms with Crippen LogP contribution in [0.4, 0.5) is 4.79 Å². The molecule has 0 aliphatic rings. The first-order chi connectivity index (χ1) is 8.54. The fraction of sp³-hybridized carbons (Fsp3) is 0.846. The summed E-state index contributed by atoms with van der Waals surface area (Å²) in [5.74, 6) is -0.992. The van der Waals surface area contributed by atoms with Gasteiger partial charge < -0.3 is 15.7 Å². The summed E-state index contributed by atoms with van der Waals surface area (Å²) in [7, 11) is 0. The number of unbranched alkanes of at least 4 members (excludes halogenated alkanes) is 1. The summed E-state index contributed by atoms with van der Waals surface area (Å²) in [6.07, 6.45) is 5.43. The molecule has 0 aromatic carbocycles. The first kappa shape index (κ1) is 16.7. The standard InChI is InChI=1S/C13H26N2O3/c1-4-7-9-10(8-5-2)14-13(18)15-11(6-3)12(16)17/h10-11H,4-9H2,1-3H3,(H,16,17)(H2,14,15,18)/t10?,11-/m1/s1. The van der Waals surface area contributed by atoms with Crippen LogP contribution in [0.25, 0.3) is 0 Å². The number of rotatable bonds is 9. The molecular weight excluding hydrogens is 232 g/mol. The maximum atomic E-state index is 11.7. The lowest BCUT2D eigenvalue weighted by atomic mass is 10.1. The highest BCUT2D eigenvalue weighted by atomic mass is 16.4. The van der Waals surface area contributed by atoms with Gasteiger partial charge in [-0.05, 0) is 19.3 Å². The molecule has 5 nitrogen and oxygen atoms in total. The fourth-order valence-electron chi connectivity index (χ4n) is 1.81. The van der Waals surface area contributed by atoms with Crippen LogP contribution in [0.1, 0.15) is 59.3 Å². The summed E-state index contributed by atoms with van der Waals surface area (Å²) in [5, 5.41) is 14.2. The molecule has 2 atom stereocenters. The lowest BCUT2D eigenvalue weighted by Crippen LogP contribution is -2.48. The van der Waals surface area contributed by atoms with Crippen LogP contribution in [-0.4, -0.2) is 29.2 Å². The lowest BCUT2D eigenvalue weighted by molar-refractivity contribution is -0.139. The van der Waals surface area contributed by atoms with E-state index in [1.165, 1.54) is 0 Å². The number of amides is 2. The van der Waals surface area contributed by atoms with Crippen LogP contribution >= 0.6 is 0 Å². The number of carbonyl (C=O) groups excluding carboxylic acids is 1. The molecule has 5 heteroatoms. The Bertz CT molecular complexity index is 257. The van der Waals surface area contributed by atoms with Crippen LogP contribution in [0, 0.1) is 0 Å². The van der Waals surface area contributed by atoms with Gasteiger partial charge in [-0.15, -0.1) is 0 Å². The van der Waals surface area contributed by atoms with Gasteiger partial charge in [0.15, 0.2) is 0 Å². The minimum Gasteiger partial charge on any atom is -0.480 e. The first-order valence-corrected chi connectivity index (χ1v) is 6.84. The maximum Gasteiger partial charge on any atom is 0.326 e. The average molecular weight is 258 g/mol. The van der Waals surface area contributed by atoms with Crippen molar-refractivity contribution < 1.29 is 14.7 Å². The Labute approximate surface area is 109 Å². The monoisotopic (exact) mass is 258 g/mol. The molecule has 3 N–H and O–H groups in total. The zero-order valence-corrected chi connectivity index (χ0v) is 11.7. The zero-order chi connectivity index (χ0) is 14.0. The topological polar surface area (TPSA) is 78.4 Å². The highest BCUT2D eigenvalue weighted by Gasteiger charge is 2.19. The summed E-state index contributed by atoms with van der Waals surface area (Å²) in [5.41, 5.74) is 0. The lowest BCUT2D eigenvalue weighted by Gasteiger charge is -2.20. The second-order valence-corrected chi connectivity index (χ2v) is 4.54. The van der Waals surface area contributed by atoms with E-state index in [9.17, 15) is 9.59 Å². The van der Waals surface area contributed by atoms with Crippen molar-refractivity contribution in [2.75, 3.05) is 0 Å². The van der Waals surface area contributed by atoms with E-state index in [-0.39, 0.29) is 12.1 Å². The van der Waals surface area contributed by atoms with Gasteiger partial charge in [-0.2, -0.15) is 0 Å². The van der Waals surface area contributed by atoms with E-state index in [0.717, 1.165) is 32.1 Å². The van der Waals surface area contributed by atoms with E-state index in [0.29, 0.717) is 6.42 Å². The van der Waals surface area contributed by atoms with Crippen molar-refractivity contribution in [1.29, 1.82) is 0 Å². The number of carboxylic acid groups (broad SMARTS) is 1. The minimum atomic E-state index is -0.992. The molecule has 0 aliphatic carbocycles. The Morgan fingerprint density at radius 3 is 2.17 bits per heavy atom. The number of carbonyl (C=O) groups is 2. The summed E-state index contributed by atoms with van der Waals surface area (Å²) in [6, 6.07) is -1.04. The maximum absolute atomic E-state index is 11.7. The Morgan fingerprint density at radius 2 is 1.72 bits per heavy atom. The van der Waals surface area contributed by atoms with E-state index >= 15 is 0 Å². The molecular formula is C13H26N2O3. The number of aliphatic carboxylic acids is 1. The van der Waals surface area contributed by atoms with Crippen LogP contribution in [0.15, 0.2) is 0 Å². The van der Waals surface area contributed by atoms with Crippen LogP contribution < -0.4 is 10.6 Å². The SMILES string of the molecule is CCCCC(CCC)NC(=O)N[C@H](CC)C(=O)O. The summed E-state index contributed by atoms with van der Waals surface area (Å²) in [4.78, 5) is 22.5. The average Bonchev–Trinajstić information content (AvgIpc) is 2.32. The van der Waals surface area contributed by atoms with E-state index in [4.69, 9.17) is 5.11 Å². The van der Waals surface area contributed by atoms with Crippen LogP contribution in [-0.2, 0) is 4.79 Å². The van der Waals surface area contributed by atoms with E-state index in [2.05, 4.69) is 24.5 Å². The number of hydrogen-bond donors (Lipinski definition) is 3. The third-order valence-corrected chi connectivity index (χ3v) is 2.89. The minimum absolute atomic E-state index is 0.140. The molecule has 0 fully saturated rings. The predicted octanol–water partition coefficient (Wildman–Crippen LogP) is 2.51. The molecule has 2 amide bonds. The van der Waals surface area contributed by atoms with Crippen molar-refractivity contribution in [3.05, 3.63) is 0 Å². The highest BCUT2D eigenvalue weighted by Crippen LogP contribution is 2.06. The smallest absolute Gasteiger partial charge is 0.326 e. The molecule has 18 heavy (non-hydrogen) atoms. The van der Waals surface area contributed by atoms with Gasteiger partial charge in [0.25, 0.3) is 0 Å². The van der Waals surface area contributed by atoms with E-state index < -0.39 is 12.0 Å². The van der Waals surface area contributed by atoms with Gasteiger partial charge in [-0.1, -0.05) is 40.0 Å². The first-order valence-electron chi connectivity index (χ1n) is 6.84. The largest absolute Gasteiger partial charge is 0.480 e. The molecule has 0 heterocycles. The molecule has 0 aliphatic heterocycles. The predicted molar refractivity (Wildman–Crippen MR) is 71.6 cm³/mol. The summed E-state index contributed by atoms with van der Waals surface area (Å²) >= 11 is 0. The summed E-state index contributed by atoms with van der Waals surface area (Å²) < 4.78 is 0. The Hall–Kier alpha value is -1.26. The van der Waals surface area contributed by atoms with Crippen LogP contribution in [0.2, 0.25) is 0 Å². The van der Waals surface area contributed by atoms with E-state index in [1.54, 1.807) is 6.92 Å². The number of nitrogens with one attached hydrogen (secondary N) is 2. The third kappa shape index (κ3) is 7.14. The Kier molecular flexibility index (Phi) is 9.06. The molecule has 0 aromatic rings. The third-order valence-electron chi connectivity index (χ3n) is 2.89. The zero-order valence-electron chi connectivity index (χ0n) is 11.7. The molecule has 0 spiro atoms. The molecule has 0 rings (SSSR count). The molecule has 0 bridgehead atoms.